The first kappa shape index (κ1) is 15.1. The van der Waals surface area contributed by atoms with Crippen LogP contribution in [0.2, 0.25) is 0 Å². The number of benzene rings is 1. The van der Waals surface area contributed by atoms with Crippen molar-refractivity contribution in [2.75, 3.05) is 19.6 Å². The van der Waals surface area contributed by atoms with E-state index in [1.165, 1.54) is 12.1 Å². The monoisotopic (exact) mass is 265 g/mol. The summed E-state index contributed by atoms with van der Waals surface area (Å²) in [5.74, 6) is 0.0466. The summed E-state index contributed by atoms with van der Waals surface area (Å²) < 4.78 is 0. The standard InChI is InChI=1S/C13H19N3O3/c1-2-15-13(17)8-10-14-9-7-11-3-5-12(6-4-11)16(18)19/h3-6,14H,2,7-10H2,1H3,(H,15,17). The molecule has 0 atom stereocenters. The molecule has 6 heteroatoms. The Morgan fingerprint density at radius 1 is 1.26 bits per heavy atom. The Labute approximate surface area is 112 Å². The first-order chi connectivity index (χ1) is 9.13. The third-order valence-electron chi connectivity index (χ3n) is 2.64. The average Bonchev–Trinajstić information content (AvgIpc) is 2.39. The second-order valence-electron chi connectivity index (χ2n) is 4.13. The molecule has 0 heterocycles. The van der Waals surface area contributed by atoms with Crippen molar-refractivity contribution in [2.24, 2.45) is 0 Å². The number of hydrogen-bond donors (Lipinski definition) is 2. The molecular weight excluding hydrogens is 246 g/mol. The number of carbonyl (C=O) groups excluding carboxylic acids is 1. The minimum absolute atomic E-state index is 0.0466. The normalized spacial score (nSPS) is 10.2. The number of hydrogen-bond acceptors (Lipinski definition) is 4. The Kier molecular flexibility index (Phi) is 6.52. The summed E-state index contributed by atoms with van der Waals surface area (Å²) in [5, 5.41) is 16.4. The second-order valence-corrected chi connectivity index (χ2v) is 4.13. The van der Waals surface area contributed by atoms with E-state index in [2.05, 4.69) is 10.6 Å². The summed E-state index contributed by atoms with van der Waals surface area (Å²) in [6, 6.07) is 6.52. The minimum Gasteiger partial charge on any atom is -0.356 e. The smallest absolute Gasteiger partial charge is 0.269 e. The van der Waals surface area contributed by atoms with E-state index in [0.717, 1.165) is 18.5 Å². The van der Waals surface area contributed by atoms with Crippen molar-refractivity contribution in [3.05, 3.63) is 39.9 Å². The van der Waals surface area contributed by atoms with Gasteiger partial charge < -0.3 is 10.6 Å². The van der Waals surface area contributed by atoms with E-state index in [0.29, 0.717) is 19.5 Å². The Hall–Kier alpha value is -1.95. The van der Waals surface area contributed by atoms with Crippen LogP contribution in [0, 0.1) is 10.1 Å². The molecular formula is C13H19N3O3. The number of rotatable bonds is 8. The van der Waals surface area contributed by atoms with Crippen LogP contribution in [0.1, 0.15) is 18.9 Å². The summed E-state index contributed by atoms with van der Waals surface area (Å²) in [7, 11) is 0. The fourth-order valence-corrected chi connectivity index (χ4v) is 1.63. The van der Waals surface area contributed by atoms with Crippen molar-refractivity contribution in [3.8, 4) is 0 Å². The lowest BCUT2D eigenvalue weighted by atomic mass is 10.1. The topological polar surface area (TPSA) is 84.3 Å². The highest BCUT2D eigenvalue weighted by Crippen LogP contribution is 2.11. The Morgan fingerprint density at radius 2 is 1.95 bits per heavy atom. The van der Waals surface area contributed by atoms with Crippen LogP contribution in [0.25, 0.3) is 0 Å². The van der Waals surface area contributed by atoms with Gasteiger partial charge in [-0.2, -0.15) is 0 Å². The lowest BCUT2D eigenvalue weighted by Crippen LogP contribution is -2.28. The first-order valence-electron chi connectivity index (χ1n) is 6.34. The average molecular weight is 265 g/mol. The van der Waals surface area contributed by atoms with Crippen molar-refractivity contribution < 1.29 is 9.72 Å². The molecule has 0 saturated heterocycles. The van der Waals surface area contributed by atoms with Gasteiger partial charge in [0.2, 0.25) is 5.91 Å². The molecule has 1 aromatic carbocycles. The van der Waals surface area contributed by atoms with Crippen LogP contribution in [0.5, 0.6) is 0 Å². The van der Waals surface area contributed by atoms with Crippen LogP contribution in [0.15, 0.2) is 24.3 Å². The highest BCUT2D eigenvalue weighted by molar-refractivity contribution is 5.75. The predicted molar refractivity (Wildman–Crippen MR) is 73.0 cm³/mol. The molecule has 1 rings (SSSR count). The van der Waals surface area contributed by atoms with Gasteiger partial charge in [0.15, 0.2) is 0 Å². The van der Waals surface area contributed by atoms with Gasteiger partial charge in [-0.25, -0.2) is 0 Å². The molecule has 0 spiro atoms. The number of nitrogens with zero attached hydrogens (tertiary/aromatic N) is 1. The van der Waals surface area contributed by atoms with Crippen LogP contribution in [-0.4, -0.2) is 30.5 Å². The Bertz CT molecular complexity index is 418. The van der Waals surface area contributed by atoms with E-state index < -0.39 is 4.92 Å². The molecule has 0 bridgehead atoms. The zero-order valence-corrected chi connectivity index (χ0v) is 11.0. The van der Waals surface area contributed by atoms with Crippen molar-refractivity contribution in [1.82, 2.24) is 10.6 Å². The van der Waals surface area contributed by atoms with Gasteiger partial charge in [0.25, 0.3) is 5.69 Å². The van der Waals surface area contributed by atoms with Gasteiger partial charge in [0.1, 0.15) is 0 Å². The molecule has 1 aromatic rings. The summed E-state index contributed by atoms with van der Waals surface area (Å²) >= 11 is 0. The fourth-order valence-electron chi connectivity index (χ4n) is 1.63. The molecule has 0 aromatic heterocycles. The van der Waals surface area contributed by atoms with Gasteiger partial charge in [0, 0.05) is 31.6 Å². The fraction of sp³-hybridized carbons (Fsp3) is 0.462. The van der Waals surface area contributed by atoms with Crippen LogP contribution in [0.4, 0.5) is 5.69 Å². The van der Waals surface area contributed by atoms with Gasteiger partial charge in [-0.1, -0.05) is 12.1 Å². The maximum absolute atomic E-state index is 11.2. The van der Waals surface area contributed by atoms with Crippen molar-refractivity contribution in [1.29, 1.82) is 0 Å². The van der Waals surface area contributed by atoms with Crippen molar-refractivity contribution in [2.45, 2.75) is 19.8 Å². The molecule has 2 N–H and O–H groups in total. The third-order valence-corrected chi connectivity index (χ3v) is 2.64. The summed E-state index contributed by atoms with van der Waals surface area (Å²) in [4.78, 5) is 21.2. The zero-order valence-electron chi connectivity index (χ0n) is 11.0. The molecule has 6 nitrogen and oxygen atoms in total. The van der Waals surface area contributed by atoms with Crippen molar-refractivity contribution >= 4 is 11.6 Å². The van der Waals surface area contributed by atoms with E-state index in [1.807, 2.05) is 6.92 Å². The summed E-state index contributed by atoms with van der Waals surface area (Å²) in [6.45, 7) is 3.93. The highest BCUT2D eigenvalue weighted by Gasteiger charge is 2.03. The SMILES string of the molecule is CCNC(=O)CCNCCc1ccc([N+](=O)[O-])cc1. The number of non-ortho nitro benzene ring substituents is 1. The quantitative estimate of drug-likeness (QED) is 0.421. The third kappa shape index (κ3) is 5.96. The molecule has 0 aliphatic heterocycles. The summed E-state index contributed by atoms with van der Waals surface area (Å²) in [5.41, 5.74) is 1.14. The largest absolute Gasteiger partial charge is 0.356 e. The van der Waals surface area contributed by atoms with Gasteiger partial charge >= 0.3 is 0 Å². The van der Waals surface area contributed by atoms with Gasteiger partial charge in [-0.15, -0.1) is 0 Å². The van der Waals surface area contributed by atoms with Crippen LogP contribution in [0.3, 0.4) is 0 Å². The highest BCUT2D eigenvalue weighted by atomic mass is 16.6. The molecule has 0 unspecified atom stereocenters. The lowest BCUT2D eigenvalue weighted by molar-refractivity contribution is -0.384. The molecule has 0 aliphatic rings. The lowest BCUT2D eigenvalue weighted by Gasteiger charge is -2.05. The number of nitro groups is 1. The van der Waals surface area contributed by atoms with Crippen LogP contribution in [-0.2, 0) is 11.2 Å². The van der Waals surface area contributed by atoms with Gasteiger partial charge in [-0.05, 0) is 25.5 Å². The van der Waals surface area contributed by atoms with E-state index in [-0.39, 0.29) is 11.6 Å². The first-order valence-corrected chi connectivity index (χ1v) is 6.34. The van der Waals surface area contributed by atoms with E-state index in [1.54, 1.807) is 12.1 Å². The number of carbonyl (C=O) groups is 1. The molecule has 0 radical (unpaired) electrons. The minimum atomic E-state index is -0.408. The summed E-state index contributed by atoms with van der Waals surface area (Å²) in [6.07, 6.45) is 1.25. The van der Waals surface area contributed by atoms with Crippen LogP contribution >= 0.6 is 0 Å². The molecule has 0 saturated carbocycles. The zero-order chi connectivity index (χ0) is 14.1. The maximum atomic E-state index is 11.2. The van der Waals surface area contributed by atoms with Gasteiger partial charge in [0.05, 0.1) is 4.92 Å². The van der Waals surface area contributed by atoms with E-state index >= 15 is 0 Å². The number of amides is 1. The predicted octanol–water partition coefficient (Wildman–Crippen LogP) is 1.25. The molecule has 19 heavy (non-hydrogen) atoms. The molecule has 0 aliphatic carbocycles. The second kappa shape index (κ2) is 8.20. The van der Waals surface area contributed by atoms with Gasteiger partial charge in [-0.3, -0.25) is 14.9 Å². The van der Waals surface area contributed by atoms with Crippen molar-refractivity contribution in [3.63, 3.8) is 0 Å². The number of nitrogens with one attached hydrogen (secondary N) is 2. The van der Waals surface area contributed by atoms with E-state index in [9.17, 15) is 14.9 Å². The molecule has 104 valence electrons. The number of nitro benzene ring substituents is 1. The Morgan fingerprint density at radius 3 is 2.53 bits per heavy atom. The molecule has 0 fully saturated rings. The maximum Gasteiger partial charge on any atom is 0.269 e. The van der Waals surface area contributed by atoms with Crippen LogP contribution < -0.4 is 10.6 Å². The Balaban J connectivity index is 2.19. The van der Waals surface area contributed by atoms with E-state index in [4.69, 9.17) is 0 Å². The molecule has 1 amide bonds.